The van der Waals surface area contributed by atoms with Crippen LogP contribution in [0.15, 0.2) is 36.7 Å². The number of aromatic nitrogens is 2. The van der Waals surface area contributed by atoms with Gasteiger partial charge >= 0.3 is 0 Å². The summed E-state index contributed by atoms with van der Waals surface area (Å²) in [5.41, 5.74) is 1.40. The highest BCUT2D eigenvalue weighted by atomic mass is 35.5. The molecule has 1 aromatic carbocycles. The van der Waals surface area contributed by atoms with Gasteiger partial charge in [0, 0.05) is 18.3 Å². The largest absolute Gasteiger partial charge is 0.324 e. The Morgan fingerprint density at radius 3 is 2.89 bits per heavy atom. The average molecular weight is 262 g/mol. The lowest BCUT2D eigenvalue weighted by atomic mass is 10.2. The standard InChI is InChI=1S/C13H12ClN3O/c14-10-3-1-4-11(16-13(18)9-5-6-9)12(10)17-8-2-7-15-17/h1-4,7-9H,5-6H2,(H,16,18). The number of nitrogens with one attached hydrogen (secondary N) is 1. The van der Waals surface area contributed by atoms with Crippen LogP contribution >= 0.6 is 11.6 Å². The van der Waals surface area contributed by atoms with Gasteiger partial charge in [-0.1, -0.05) is 17.7 Å². The molecule has 1 aliphatic carbocycles. The highest BCUT2D eigenvalue weighted by Crippen LogP contribution is 2.33. The van der Waals surface area contributed by atoms with E-state index in [2.05, 4.69) is 10.4 Å². The Balaban J connectivity index is 1.98. The fraction of sp³-hybridized carbons (Fsp3) is 0.231. The highest BCUT2D eigenvalue weighted by molar-refractivity contribution is 6.33. The van der Waals surface area contributed by atoms with Gasteiger partial charge < -0.3 is 5.32 Å². The Bertz CT molecular complexity index is 576. The molecule has 0 radical (unpaired) electrons. The summed E-state index contributed by atoms with van der Waals surface area (Å²) in [5.74, 6) is 0.222. The third-order valence-electron chi connectivity index (χ3n) is 2.93. The summed E-state index contributed by atoms with van der Waals surface area (Å²) in [6, 6.07) is 7.25. The minimum atomic E-state index is 0.0608. The molecule has 92 valence electrons. The van der Waals surface area contributed by atoms with Crippen molar-refractivity contribution in [3.05, 3.63) is 41.7 Å². The van der Waals surface area contributed by atoms with E-state index in [1.807, 2.05) is 18.2 Å². The maximum Gasteiger partial charge on any atom is 0.227 e. The third-order valence-corrected chi connectivity index (χ3v) is 3.23. The van der Waals surface area contributed by atoms with Crippen LogP contribution in [0.4, 0.5) is 5.69 Å². The van der Waals surface area contributed by atoms with Crippen molar-refractivity contribution in [2.75, 3.05) is 5.32 Å². The molecule has 1 N–H and O–H groups in total. The van der Waals surface area contributed by atoms with Crippen molar-refractivity contribution in [3.63, 3.8) is 0 Å². The molecule has 1 aromatic heterocycles. The molecule has 1 aliphatic rings. The van der Waals surface area contributed by atoms with Gasteiger partial charge in [-0.3, -0.25) is 4.79 Å². The average Bonchev–Trinajstić information content (AvgIpc) is 3.07. The molecule has 3 rings (SSSR count). The topological polar surface area (TPSA) is 46.9 Å². The Morgan fingerprint density at radius 2 is 2.22 bits per heavy atom. The maximum atomic E-state index is 11.8. The van der Waals surface area contributed by atoms with Crippen LogP contribution in [0.1, 0.15) is 12.8 Å². The molecule has 1 saturated carbocycles. The zero-order valence-electron chi connectivity index (χ0n) is 9.64. The fourth-order valence-electron chi connectivity index (χ4n) is 1.83. The number of amides is 1. The molecule has 0 spiro atoms. The van der Waals surface area contributed by atoms with Crippen molar-refractivity contribution < 1.29 is 4.79 Å². The summed E-state index contributed by atoms with van der Waals surface area (Å²) in [7, 11) is 0. The van der Waals surface area contributed by atoms with Crippen molar-refractivity contribution in [1.82, 2.24) is 9.78 Å². The molecule has 0 atom stereocenters. The van der Waals surface area contributed by atoms with Gasteiger partial charge in [0.15, 0.2) is 0 Å². The minimum Gasteiger partial charge on any atom is -0.324 e. The molecule has 4 nitrogen and oxygen atoms in total. The molecule has 1 fully saturated rings. The Morgan fingerprint density at radius 1 is 1.39 bits per heavy atom. The van der Waals surface area contributed by atoms with Gasteiger partial charge in [0.2, 0.25) is 5.91 Å². The van der Waals surface area contributed by atoms with Gasteiger partial charge in [-0.25, -0.2) is 4.68 Å². The summed E-state index contributed by atoms with van der Waals surface area (Å²) in [6.45, 7) is 0. The third kappa shape index (κ3) is 2.11. The molecule has 2 aromatic rings. The molecule has 0 bridgehead atoms. The molecular weight excluding hydrogens is 250 g/mol. The molecule has 5 heteroatoms. The number of benzene rings is 1. The molecule has 0 aliphatic heterocycles. The van der Waals surface area contributed by atoms with Crippen LogP contribution in [-0.4, -0.2) is 15.7 Å². The number of hydrogen-bond donors (Lipinski definition) is 1. The first kappa shape index (κ1) is 11.3. The molecule has 0 saturated heterocycles. The van der Waals surface area contributed by atoms with E-state index in [1.165, 1.54) is 0 Å². The lowest BCUT2D eigenvalue weighted by Gasteiger charge is -2.12. The lowest BCUT2D eigenvalue weighted by molar-refractivity contribution is -0.117. The Hall–Kier alpha value is -1.81. The second-order valence-electron chi connectivity index (χ2n) is 4.35. The number of halogens is 1. The van der Waals surface area contributed by atoms with E-state index in [1.54, 1.807) is 23.1 Å². The van der Waals surface area contributed by atoms with E-state index in [9.17, 15) is 4.79 Å². The number of hydrogen-bond acceptors (Lipinski definition) is 2. The monoisotopic (exact) mass is 261 g/mol. The van der Waals surface area contributed by atoms with Crippen LogP contribution in [-0.2, 0) is 4.79 Å². The normalized spacial score (nSPS) is 14.5. The SMILES string of the molecule is O=C(Nc1cccc(Cl)c1-n1cccn1)C1CC1. The van der Waals surface area contributed by atoms with Crippen LogP contribution in [0.2, 0.25) is 5.02 Å². The molecule has 0 unspecified atom stereocenters. The van der Waals surface area contributed by atoms with Crippen LogP contribution in [0.5, 0.6) is 0 Å². The molecule has 18 heavy (non-hydrogen) atoms. The zero-order valence-corrected chi connectivity index (χ0v) is 10.4. The van der Waals surface area contributed by atoms with Crippen molar-refractivity contribution >= 4 is 23.2 Å². The van der Waals surface area contributed by atoms with Crippen molar-refractivity contribution in [2.45, 2.75) is 12.8 Å². The Labute approximate surface area is 110 Å². The zero-order chi connectivity index (χ0) is 12.5. The van der Waals surface area contributed by atoms with E-state index < -0.39 is 0 Å². The number of rotatable bonds is 3. The molecular formula is C13H12ClN3O. The van der Waals surface area contributed by atoms with Crippen LogP contribution in [0.25, 0.3) is 5.69 Å². The van der Waals surface area contributed by atoms with Gasteiger partial charge in [0.05, 0.1) is 10.7 Å². The Kier molecular flexibility index (Phi) is 2.80. The van der Waals surface area contributed by atoms with Crippen LogP contribution in [0.3, 0.4) is 0 Å². The highest BCUT2D eigenvalue weighted by Gasteiger charge is 2.30. The predicted molar refractivity (Wildman–Crippen MR) is 69.9 cm³/mol. The number of para-hydroxylation sites is 1. The van der Waals surface area contributed by atoms with Gasteiger partial charge in [-0.15, -0.1) is 0 Å². The van der Waals surface area contributed by atoms with Crippen molar-refractivity contribution in [1.29, 1.82) is 0 Å². The lowest BCUT2D eigenvalue weighted by Crippen LogP contribution is -2.15. The second-order valence-corrected chi connectivity index (χ2v) is 4.76. The summed E-state index contributed by atoms with van der Waals surface area (Å²) in [6.07, 6.45) is 5.43. The van der Waals surface area contributed by atoms with E-state index in [0.717, 1.165) is 12.8 Å². The summed E-state index contributed by atoms with van der Waals surface area (Å²) in [5, 5.41) is 7.64. The van der Waals surface area contributed by atoms with Crippen molar-refractivity contribution in [3.8, 4) is 5.69 Å². The van der Waals surface area contributed by atoms with E-state index in [4.69, 9.17) is 11.6 Å². The minimum absolute atomic E-state index is 0.0608. The first-order valence-electron chi connectivity index (χ1n) is 5.85. The quantitative estimate of drug-likeness (QED) is 0.924. The summed E-state index contributed by atoms with van der Waals surface area (Å²) >= 11 is 6.19. The van der Waals surface area contributed by atoms with Crippen LogP contribution in [0, 0.1) is 5.92 Å². The van der Waals surface area contributed by atoms with Gasteiger partial charge in [0.25, 0.3) is 0 Å². The second kappa shape index (κ2) is 4.46. The van der Waals surface area contributed by atoms with E-state index in [-0.39, 0.29) is 11.8 Å². The van der Waals surface area contributed by atoms with E-state index >= 15 is 0 Å². The number of nitrogens with zero attached hydrogens (tertiary/aromatic N) is 2. The van der Waals surface area contributed by atoms with E-state index in [0.29, 0.717) is 16.4 Å². The van der Waals surface area contributed by atoms with Crippen LogP contribution < -0.4 is 5.32 Å². The molecule has 1 heterocycles. The van der Waals surface area contributed by atoms with Gasteiger partial charge in [-0.2, -0.15) is 5.10 Å². The summed E-state index contributed by atoms with van der Waals surface area (Å²) in [4.78, 5) is 11.8. The number of carbonyl (C=O) groups is 1. The first-order chi connectivity index (χ1) is 8.75. The molecule has 1 amide bonds. The summed E-state index contributed by atoms with van der Waals surface area (Å²) < 4.78 is 1.66. The van der Waals surface area contributed by atoms with Gasteiger partial charge in [-0.05, 0) is 31.0 Å². The predicted octanol–water partition coefficient (Wildman–Crippen LogP) is 2.87. The fourth-order valence-corrected chi connectivity index (χ4v) is 2.09. The smallest absolute Gasteiger partial charge is 0.227 e. The van der Waals surface area contributed by atoms with Crippen molar-refractivity contribution in [2.24, 2.45) is 5.92 Å². The number of anilines is 1. The first-order valence-corrected chi connectivity index (χ1v) is 6.23. The van der Waals surface area contributed by atoms with Gasteiger partial charge in [0.1, 0.15) is 5.69 Å². The maximum absolute atomic E-state index is 11.8. The number of carbonyl (C=O) groups excluding carboxylic acids is 1.